The van der Waals surface area contributed by atoms with E-state index in [2.05, 4.69) is 39.8 Å². The Hall–Kier alpha value is -1.63. The number of hydrogen-bond donors (Lipinski definition) is 2. The maximum atomic E-state index is 11.9. The second kappa shape index (κ2) is 8.37. The molecule has 0 spiro atoms. The summed E-state index contributed by atoms with van der Waals surface area (Å²) in [6.45, 7) is 5.11. The largest absolute Gasteiger partial charge is 0.353 e. The number of guanidine groups is 1. The molecule has 3 atom stereocenters. The van der Waals surface area contributed by atoms with Gasteiger partial charge in [-0.3, -0.25) is 4.79 Å². The molecule has 2 bridgehead atoms. The van der Waals surface area contributed by atoms with Crippen LogP contribution >= 0.6 is 11.3 Å². The summed E-state index contributed by atoms with van der Waals surface area (Å²) in [5.41, 5.74) is 1.13. The molecule has 144 valence electrons. The molecule has 0 aromatic carbocycles. The molecule has 7 heteroatoms. The fourth-order valence-corrected chi connectivity index (χ4v) is 4.76. The Morgan fingerprint density at radius 3 is 2.77 bits per heavy atom. The summed E-state index contributed by atoms with van der Waals surface area (Å²) < 4.78 is 0. The van der Waals surface area contributed by atoms with Crippen molar-refractivity contribution in [2.75, 3.05) is 20.6 Å². The van der Waals surface area contributed by atoms with E-state index in [0.717, 1.165) is 28.5 Å². The number of carbonyl (C=O) groups is 1. The van der Waals surface area contributed by atoms with Crippen LogP contribution in [0.15, 0.2) is 10.4 Å². The Morgan fingerprint density at radius 2 is 2.19 bits per heavy atom. The SMILES string of the molecule is CC(C)c1csc(CNC(=NCC(=O)N(C)C)NC2CC3CCC2C3)n1. The van der Waals surface area contributed by atoms with E-state index < -0.39 is 0 Å². The third kappa shape index (κ3) is 4.75. The molecule has 3 unspecified atom stereocenters. The van der Waals surface area contributed by atoms with Gasteiger partial charge in [-0.05, 0) is 37.0 Å². The molecule has 6 nitrogen and oxygen atoms in total. The first-order chi connectivity index (χ1) is 12.4. The number of nitrogens with zero attached hydrogens (tertiary/aromatic N) is 3. The van der Waals surface area contributed by atoms with Gasteiger partial charge in [0.15, 0.2) is 5.96 Å². The van der Waals surface area contributed by atoms with Crippen molar-refractivity contribution in [3.63, 3.8) is 0 Å². The van der Waals surface area contributed by atoms with Crippen molar-refractivity contribution >= 4 is 23.2 Å². The number of nitrogens with one attached hydrogen (secondary N) is 2. The molecule has 2 saturated carbocycles. The summed E-state index contributed by atoms with van der Waals surface area (Å²) in [5, 5.41) is 10.1. The third-order valence-electron chi connectivity index (χ3n) is 5.50. The number of aliphatic imine (C=N–C) groups is 1. The Kier molecular flexibility index (Phi) is 6.16. The van der Waals surface area contributed by atoms with Crippen molar-refractivity contribution in [1.29, 1.82) is 0 Å². The van der Waals surface area contributed by atoms with Crippen LogP contribution in [0.1, 0.15) is 56.2 Å². The van der Waals surface area contributed by atoms with E-state index in [1.807, 2.05) is 0 Å². The number of amides is 1. The predicted molar refractivity (Wildman–Crippen MR) is 106 cm³/mol. The average Bonchev–Trinajstić information content (AvgIpc) is 3.32. The van der Waals surface area contributed by atoms with Gasteiger partial charge in [0.05, 0.1) is 12.2 Å². The van der Waals surface area contributed by atoms with Crippen LogP contribution in [0.4, 0.5) is 0 Å². The normalized spacial score (nSPS) is 25.0. The van der Waals surface area contributed by atoms with E-state index >= 15 is 0 Å². The summed E-state index contributed by atoms with van der Waals surface area (Å²) in [7, 11) is 3.52. The third-order valence-corrected chi connectivity index (χ3v) is 6.37. The van der Waals surface area contributed by atoms with Gasteiger partial charge in [-0.2, -0.15) is 0 Å². The number of thiazole rings is 1. The van der Waals surface area contributed by atoms with Crippen LogP contribution in [-0.4, -0.2) is 48.4 Å². The number of carbonyl (C=O) groups excluding carboxylic acids is 1. The van der Waals surface area contributed by atoms with Crippen LogP contribution in [0.25, 0.3) is 0 Å². The monoisotopic (exact) mass is 377 g/mol. The van der Waals surface area contributed by atoms with Gasteiger partial charge < -0.3 is 15.5 Å². The van der Waals surface area contributed by atoms with Gasteiger partial charge in [0.1, 0.15) is 11.6 Å². The Balaban J connectivity index is 1.61. The quantitative estimate of drug-likeness (QED) is 0.590. The molecule has 0 radical (unpaired) electrons. The Labute approximate surface area is 160 Å². The van der Waals surface area contributed by atoms with Gasteiger partial charge in [-0.25, -0.2) is 9.98 Å². The number of fused-ring (bicyclic) bond motifs is 2. The highest BCUT2D eigenvalue weighted by atomic mass is 32.1. The maximum absolute atomic E-state index is 11.9. The second-order valence-corrected chi connectivity index (χ2v) is 9.00. The van der Waals surface area contributed by atoms with Crippen LogP contribution in [0, 0.1) is 11.8 Å². The van der Waals surface area contributed by atoms with Crippen molar-refractivity contribution < 1.29 is 4.79 Å². The Bertz CT molecular complexity index is 654. The fraction of sp³-hybridized carbons (Fsp3) is 0.737. The van der Waals surface area contributed by atoms with Crippen molar-refractivity contribution in [2.24, 2.45) is 16.8 Å². The maximum Gasteiger partial charge on any atom is 0.243 e. The molecule has 0 saturated heterocycles. The summed E-state index contributed by atoms with van der Waals surface area (Å²) in [6, 6.07) is 0.483. The smallest absolute Gasteiger partial charge is 0.243 e. The van der Waals surface area contributed by atoms with E-state index in [1.54, 1.807) is 30.3 Å². The van der Waals surface area contributed by atoms with Crippen LogP contribution in [-0.2, 0) is 11.3 Å². The van der Waals surface area contributed by atoms with Gasteiger partial charge in [0.25, 0.3) is 0 Å². The van der Waals surface area contributed by atoms with Crippen LogP contribution < -0.4 is 10.6 Å². The van der Waals surface area contributed by atoms with E-state index in [1.165, 1.54) is 25.7 Å². The molecule has 2 fully saturated rings. The molecule has 2 N–H and O–H groups in total. The first-order valence-electron chi connectivity index (χ1n) is 9.61. The zero-order chi connectivity index (χ0) is 18.7. The number of likely N-dealkylation sites (N-methyl/N-ethyl adjacent to an activating group) is 1. The minimum atomic E-state index is 0.00962. The highest BCUT2D eigenvalue weighted by Crippen LogP contribution is 2.44. The van der Waals surface area contributed by atoms with E-state index in [0.29, 0.717) is 18.5 Å². The average molecular weight is 378 g/mol. The first kappa shape index (κ1) is 19.1. The molecule has 2 aliphatic carbocycles. The lowest BCUT2D eigenvalue weighted by molar-refractivity contribution is -0.127. The second-order valence-electron chi connectivity index (χ2n) is 8.05. The molecule has 0 aliphatic heterocycles. The number of hydrogen-bond acceptors (Lipinski definition) is 4. The zero-order valence-corrected chi connectivity index (χ0v) is 17.1. The van der Waals surface area contributed by atoms with Gasteiger partial charge >= 0.3 is 0 Å². The van der Waals surface area contributed by atoms with Crippen LogP contribution in [0.3, 0.4) is 0 Å². The topological polar surface area (TPSA) is 69.6 Å². The van der Waals surface area contributed by atoms with E-state index in [9.17, 15) is 4.79 Å². The van der Waals surface area contributed by atoms with Crippen molar-refractivity contribution in [3.05, 3.63) is 16.1 Å². The minimum absolute atomic E-state index is 0.00962. The molecular formula is C19H31N5OS. The predicted octanol–water partition coefficient (Wildman–Crippen LogP) is 2.58. The van der Waals surface area contributed by atoms with Gasteiger partial charge in [0.2, 0.25) is 5.91 Å². The highest BCUT2D eigenvalue weighted by molar-refractivity contribution is 7.09. The number of aromatic nitrogens is 1. The lowest BCUT2D eigenvalue weighted by Gasteiger charge is -2.25. The lowest BCUT2D eigenvalue weighted by Crippen LogP contribution is -2.45. The summed E-state index contributed by atoms with van der Waals surface area (Å²) >= 11 is 1.67. The molecule has 3 rings (SSSR count). The summed E-state index contributed by atoms with van der Waals surface area (Å²) in [6.07, 6.45) is 5.25. The van der Waals surface area contributed by atoms with E-state index in [-0.39, 0.29) is 12.5 Å². The highest BCUT2D eigenvalue weighted by Gasteiger charge is 2.39. The molecular weight excluding hydrogens is 346 g/mol. The van der Waals surface area contributed by atoms with Gasteiger partial charge in [-0.1, -0.05) is 20.3 Å². The molecule has 1 heterocycles. The summed E-state index contributed by atoms with van der Waals surface area (Å²) in [5.74, 6) is 2.81. The standard InChI is InChI=1S/C19H31N5OS/c1-12(2)16-11-26-17(22-16)9-20-19(21-10-18(25)24(3)4)23-15-8-13-5-6-14(15)7-13/h11-15H,5-10H2,1-4H3,(H2,20,21,23). The van der Waals surface area contributed by atoms with Crippen LogP contribution in [0.2, 0.25) is 0 Å². The van der Waals surface area contributed by atoms with E-state index in [4.69, 9.17) is 0 Å². The Morgan fingerprint density at radius 1 is 1.38 bits per heavy atom. The van der Waals surface area contributed by atoms with Gasteiger partial charge in [-0.15, -0.1) is 11.3 Å². The molecule has 1 aromatic rings. The first-order valence-corrected chi connectivity index (χ1v) is 10.5. The fourth-order valence-electron chi connectivity index (χ4n) is 3.87. The molecule has 1 amide bonds. The van der Waals surface area contributed by atoms with Crippen LogP contribution in [0.5, 0.6) is 0 Å². The lowest BCUT2D eigenvalue weighted by atomic mass is 9.95. The van der Waals surface area contributed by atoms with Gasteiger partial charge in [0, 0.05) is 25.5 Å². The van der Waals surface area contributed by atoms with Crippen molar-refractivity contribution in [3.8, 4) is 0 Å². The number of rotatable bonds is 6. The van der Waals surface area contributed by atoms with Crippen molar-refractivity contribution in [1.82, 2.24) is 20.5 Å². The molecule has 2 aliphatic rings. The minimum Gasteiger partial charge on any atom is -0.353 e. The van der Waals surface area contributed by atoms with Crippen molar-refractivity contribution in [2.45, 2.75) is 58.0 Å². The zero-order valence-electron chi connectivity index (χ0n) is 16.3. The summed E-state index contributed by atoms with van der Waals surface area (Å²) in [4.78, 5) is 22.7. The molecule has 26 heavy (non-hydrogen) atoms. The molecule has 1 aromatic heterocycles.